The van der Waals surface area contributed by atoms with Crippen molar-refractivity contribution in [3.63, 3.8) is 0 Å². The molecule has 182 valence electrons. The summed E-state index contributed by atoms with van der Waals surface area (Å²) in [5.74, 6) is 1.73. The van der Waals surface area contributed by atoms with Crippen LogP contribution in [0.1, 0.15) is 0 Å². The number of nitrogens with zero attached hydrogens (tertiary/aromatic N) is 2. The van der Waals surface area contributed by atoms with Gasteiger partial charge in [0.15, 0.2) is 5.82 Å². The quantitative estimate of drug-likeness (QED) is 0.303. The summed E-state index contributed by atoms with van der Waals surface area (Å²) >= 11 is 6.30. The molecule has 3 rings (SSSR count). The Kier molecular flexibility index (Phi) is 8.21. The summed E-state index contributed by atoms with van der Waals surface area (Å²) < 4.78 is 42.2. The van der Waals surface area contributed by atoms with E-state index in [1.165, 1.54) is 20.4 Å². The Morgan fingerprint density at radius 2 is 1.82 bits per heavy atom. The van der Waals surface area contributed by atoms with Crippen molar-refractivity contribution < 1.29 is 27.7 Å². The number of aromatic nitrogens is 2. The van der Waals surface area contributed by atoms with Gasteiger partial charge in [0.1, 0.15) is 34.6 Å². The number of hydrogen-bond acceptors (Lipinski definition) is 10. The highest BCUT2D eigenvalue weighted by Crippen LogP contribution is 2.37. The Morgan fingerprint density at radius 1 is 1.06 bits per heavy atom. The maximum atomic E-state index is 11.9. The Balaban J connectivity index is 1.93. The summed E-state index contributed by atoms with van der Waals surface area (Å²) in [7, 11) is -0.646. The molecule has 2 aromatic carbocycles. The second kappa shape index (κ2) is 11.1. The number of para-hydroxylation sites is 1. The molecular weight excluding hydrogens is 486 g/mol. The summed E-state index contributed by atoms with van der Waals surface area (Å²) in [6.45, 7) is 0.0201. The molecule has 0 atom stereocenters. The third-order valence-corrected chi connectivity index (χ3v) is 5.16. The SMILES string of the molecule is COc1ccc(OCCO)cc1Nc1ncc(Cl)c(Nc2cccc(OC)c2NS(C)(=O)=O)n1. The first-order chi connectivity index (χ1) is 16.2. The molecule has 0 saturated carbocycles. The maximum absolute atomic E-state index is 11.9. The number of rotatable bonds is 11. The van der Waals surface area contributed by atoms with Crippen LogP contribution in [0.4, 0.5) is 28.8 Å². The van der Waals surface area contributed by atoms with Crippen LogP contribution in [0.25, 0.3) is 0 Å². The number of aliphatic hydroxyl groups is 1. The minimum Gasteiger partial charge on any atom is -0.495 e. The largest absolute Gasteiger partial charge is 0.495 e. The number of hydrogen-bond donors (Lipinski definition) is 4. The summed E-state index contributed by atoms with van der Waals surface area (Å²) in [6.07, 6.45) is 2.43. The third kappa shape index (κ3) is 6.53. The molecule has 4 N–H and O–H groups in total. The molecule has 0 saturated heterocycles. The zero-order chi connectivity index (χ0) is 24.7. The van der Waals surface area contributed by atoms with Crippen LogP contribution in [0.3, 0.4) is 0 Å². The van der Waals surface area contributed by atoms with Crippen LogP contribution in [-0.4, -0.2) is 57.2 Å². The first-order valence-corrected chi connectivity index (χ1v) is 12.1. The number of nitrogens with one attached hydrogen (secondary N) is 3. The normalized spacial score (nSPS) is 11.0. The van der Waals surface area contributed by atoms with E-state index in [9.17, 15) is 8.42 Å². The molecule has 34 heavy (non-hydrogen) atoms. The zero-order valence-corrected chi connectivity index (χ0v) is 20.2. The van der Waals surface area contributed by atoms with Crippen molar-refractivity contribution in [2.45, 2.75) is 0 Å². The van der Waals surface area contributed by atoms with E-state index in [4.69, 9.17) is 30.9 Å². The Hall–Kier alpha value is -3.48. The highest BCUT2D eigenvalue weighted by Gasteiger charge is 2.16. The third-order valence-electron chi connectivity index (χ3n) is 4.31. The lowest BCUT2D eigenvalue weighted by Crippen LogP contribution is -2.12. The van der Waals surface area contributed by atoms with E-state index < -0.39 is 10.0 Å². The standard InChI is InChI=1S/C21H24ClN5O6S/c1-31-17-8-7-13(33-10-9-28)11-16(17)25-21-23-12-14(22)20(26-21)24-15-5-4-6-18(32-2)19(15)27-34(3,29)30/h4-8,11-12,27-28H,9-10H2,1-3H3,(H2,23,24,25,26). The average Bonchev–Trinajstić information content (AvgIpc) is 2.80. The van der Waals surface area contributed by atoms with Gasteiger partial charge in [-0.15, -0.1) is 0 Å². The number of benzene rings is 2. The van der Waals surface area contributed by atoms with Crippen LogP contribution >= 0.6 is 11.6 Å². The molecular formula is C21H24ClN5O6S. The van der Waals surface area contributed by atoms with Gasteiger partial charge in [0, 0.05) is 6.07 Å². The minimum absolute atomic E-state index is 0.120. The van der Waals surface area contributed by atoms with Crippen LogP contribution in [0.5, 0.6) is 17.2 Å². The van der Waals surface area contributed by atoms with Gasteiger partial charge in [-0.1, -0.05) is 17.7 Å². The topological polar surface area (TPSA) is 144 Å². The fraction of sp³-hybridized carbons (Fsp3) is 0.238. The van der Waals surface area contributed by atoms with Crippen molar-refractivity contribution in [1.82, 2.24) is 9.97 Å². The molecule has 0 unspecified atom stereocenters. The van der Waals surface area contributed by atoms with Crippen molar-refractivity contribution in [1.29, 1.82) is 0 Å². The van der Waals surface area contributed by atoms with Crippen LogP contribution in [0.2, 0.25) is 5.02 Å². The van der Waals surface area contributed by atoms with Gasteiger partial charge < -0.3 is 30.0 Å². The molecule has 1 heterocycles. The number of halogens is 1. The molecule has 11 nitrogen and oxygen atoms in total. The van der Waals surface area contributed by atoms with Gasteiger partial charge in [0.25, 0.3) is 0 Å². The lowest BCUT2D eigenvalue weighted by Gasteiger charge is -2.17. The lowest BCUT2D eigenvalue weighted by molar-refractivity contribution is 0.201. The van der Waals surface area contributed by atoms with Crippen molar-refractivity contribution in [2.24, 2.45) is 0 Å². The number of methoxy groups -OCH3 is 2. The molecule has 0 bridgehead atoms. The van der Waals surface area contributed by atoms with E-state index >= 15 is 0 Å². The monoisotopic (exact) mass is 509 g/mol. The second-order valence-electron chi connectivity index (χ2n) is 6.83. The van der Waals surface area contributed by atoms with Gasteiger partial charge in [0.2, 0.25) is 16.0 Å². The van der Waals surface area contributed by atoms with E-state index in [1.807, 2.05) is 0 Å². The van der Waals surface area contributed by atoms with Crippen molar-refractivity contribution in [3.05, 3.63) is 47.6 Å². The van der Waals surface area contributed by atoms with Crippen LogP contribution in [0.15, 0.2) is 42.6 Å². The minimum atomic E-state index is -3.59. The Bertz CT molecular complexity index is 1260. The smallest absolute Gasteiger partial charge is 0.230 e. The van der Waals surface area contributed by atoms with Crippen molar-refractivity contribution >= 4 is 50.5 Å². The molecule has 0 aliphatic rings. The van der Waals surface area contributed by atoms with E-state index in [2.05, 4.69) is 25.3 Å². The molecule has 0 radical (unpaired) electrons. The number of ether oxygens (including phenoxy) is 3. The van der Waals surface area contributed by atoms with Crippen LogP contribution in [-0.2, 0) is 10.0 Å². The van der Waals surface area contributed by atoms with E-state index in [1.54, 1.807) is 36.4 Å². The average molecular weight is 510 g/mol. The first kappa shape index (κ1) is 25.1. The summed E-state index contributed by atoms with van der Waals surface area (Å²) in [4.78, 5) is 8.60. The number of sulfonamides is 1. The van der Waals surface area contributed by atoms with Gasteiger partial charge in [-0.25, -0.2) is 13.4 Å². The number of aliphatic hydroxyl groups excluding tert-OH is 1. The van der Waals surface area contributed by atoms with Gasteiger partial charge in [-0.05, 0) is 24.3 Å². The van der Waals surface area contributed by atoms with Crippen molar-refractivity contribution in [2.75, 3.05) is 49.0 Å². The Morgan fingerprint density at radius 3 is 2.50 bits per heavy atom. The van der Waals surface area contributed by atoms with Crippen LogP contribution < -0.4 is 29.6 Å². The van der Waals surface area contributed by atoms with Gasteiger partial charge >= 0.3 is 0 Å². The lowest BCUT2D eigenvalue weighted by atomic mass is 10.2. The molecule has 13 heteroatoms. The fourth-order valence-electron chi connectivity index (χ4n) is 2.90. The fourth-order valence-corrected chi connectivity index (χ4v) is 3.62. The van der Waals surface area contributed by atoms with Gasteiger partial charge in [-0.2, -0.15) is 4.98 Å². The highest BCUT2D eigenvalue weighted by atomic mass is 35.5. The molecule has 0 aliphatic carbocycles. The number of anilines is 5. The zero-order valence-electron chi connectivity index (χ0n) is 18.6. The molecule has 1 aromatic heterocycles. The molecule has 0 fully saturated rings. The van der Waals surface area contributed by atoms with Crippen LogP contribution in [0, 0.1) is 0 Å². The predicted octanol–water partition coefficient (Wildman–Crippen LogP) is 3.38. The molecule has 0 amide bonds. The summed E-state index contributed by atoms with van der Waals surface area (Å²) in [6, 6.07) is 10.0. The maximum Gasteiger partial charge on any atom is 0.230 e. The second-order valence-corrected chi connectivity index (χ2v) is 8.99. The van der Waals surface area contributed by atoms with E-state index in [-0.39, 0.29) is 35.7 Å². The first-order valence-electron chi connectivity index (χ1n) is 9.87. The Labute approximate surface area is 202 Å². The molecule has 3 aromatic rings. The predicted molar refractivity (Wildman–Crippen MR) is 131 cm³/mol. The van der Waals surface area contributed by atoms with Gasteiger partial charge in [-0.3, -0.25) is 4.72 Å². The highest BCUT2D eigenvalue weighted by molar-refractivity contribution is 7.92. The molecule has 0 aliphatic heterocycles. The van der Waals surface area contributed by atoms with E-state index in [0.29, 0.717) is 28.6 Å². The van der Waals surface area contributed by atoms with Gasteiger partial charge in [0.05, 0.1) is 44.7 Å². The van der Waals surface area contributed by atoms with E-state index in [0.717, 1.165) is 6.26 Å². The van der Waals surface area contributed by atoms with Crippen molar-refractivity contribution in [3.8, 4) is 17.2 Å². The molecule has 0 spiro atoms. The summed E-state index contributed by atoms with van der Waals surface area (Å²) in [5, 5.41) is 15.2. The summed E-state index contributed by atoms with van der Waals surface area (Å²) in [5.41, 5.74) is 1.09.